The summed E-state index contributed by atoms with van der Waals surface area (Å²) in [6.45, 7) is 0. The number of ether oxygens (including phenoxy) is 2. The van der Waals surface area contributed by atoms with Gasteiger partial charge in [0, 0.05) is 17.8 Å². The Hall–Kier alpha value is -4.39. The maximum Gasteiger partial charge on any atom is 0.366 e. The number of carbonyl (C=O) groups is 1. The number of aliphatic imine (C=N–C) groups is 1. The molecule has 31 heavy (non-hydrogen) atoms. The zero-order chi connectivity index (χ0) is 21.6. The largest absolute Gasteiger partial charge is 0.506 e. The standard InChI is InChI=1S/C24H18N2O5/c1-29-21-12-11-16(15-25-18-9-5-6-10-20(18)27)13-23(21)30-24(28)19-14-22(31-26-19)17-7-3-2-4-8-17/h2-15,27H,1H3. The van der Waals surface area contributed by atoms with Crippen LogP contribution in [0.3, 0.4) is 0 Å². The van der Waals surface area contributed by atoms with E-state index in [9.17, 15) is 9.90 Å². The van der Waals surface area contributed by atoms with Crippen LogP contribution in [0, 0.1) is 0 Å². The van der Waals surface area contributed by atoms with Crippen LogP contribution in [0.15, 0.2) is 88.4 Å². The number of rotatable bonds is 6. The van der Waals surface area contributed by atoms with Gasteiger partial charge in [0.05, 0.1) is 7.11 Å². The van der Waals surface area contributed by atoms with E-state index in [1.165, 1.54) is 13.2 Å². The summed E-state index contributed by atoms with van der Waals surface area (Å²) in [4.78, 5) is 16.9. The number of nitrogens with zero attached hydrogens (tertiary/aromatic N) is 2. The number of hydrogen-bond acceptors (Lipinski definition) is 7. The lowest BCUT2D eigenvalue weighted by Gasteiger charge is -2.09. The second kappa shape index (κ2) is 8.96. The number of aromatic hydroxyl groups is 1. The maximum absolute atomic E-state index is 12.6. The minimum Gasteiger partial charge on any atom is -0.506 e. The summed E-state index contributed by atoms with van der Waals surface area (Å²) in [5.41, 5.74) is 1.91. The first-order valence-corrected chi connectivity index (χ1v) is 9.38. The highest BCUT2D eigenvalue weighted by atomic mass is 16.6. The van der Waals surface area contributed by atoms with Gasteiger partial charge < -0.3 is 19.1 Å². The summed E-state index contributed by atoms with van der Waals surface area (Å²) < 4.78 is 16.0. The van der Waals surface area contributed by atoms with Gasteiger partial charge in [-0.1, -0.05) is 47.6 Å². The smallest absolute Gasteiger partial charge is 0.366 e. The van der Waals surface area contributed by atoms with E-state index in [-0.39, 0.29) is 17.2 Å². The van der Waals surface area contributed by atoms with Gasteiger partial charge in [-0.05, 0) is 35.9 Å². The van der Waals surface area contributed by atoms with E-state index >= 15 is 0 Å². The van der Waals surface area contributed by atoms with Crippen LogP contribution in [0.1, 0.15) is 16.1 Å². The second-order valence-corrected chi connectivity index (χ2v) is 6.49. The summed E-state index contributed by atoms with van der Waals surface area (Å²) >= 11 is 0. The molecule has 1 aromatic heterocycles. The molecule has 0 spiro atoms. The molecule has 0 aliphatic carbocycles. The zero-order valence-electron chi connectivity index (χ0n) is 16.6. The molecule has 154 valence electrons. The Morgan fingerprint density at radius 3 is 2.55 bits per heavy atom. The van der Waals surface area contributed by atoms with Crippen molar-refractivity contribution in [3.05, 3.63) is 90.1 Å². The summed E-state index contributed by atoms with van der Waals surface area (Å²) in [6.07, 6.45) is 1.55. The molecule has 7 heteroatoms. The minimum absolute atomic E-state index is 0.0363. The number of phenols is 1. The molecule has 4 aromatic rings. The summed E-state index contributed by atoms with van der Waals surface area (Å²) in [5.74, 6) is 0.430. The van der Waals surface area contributed by atoms with E-state index in [4.69, 9.17) is 14.0 Å². The van der Waals surface area contributed by atoms with Crippen LogP contribution < -0.4 is 9.47 Å². The first-order valence-electron chi connectivity index (χ1n) is 9.38. The van der Waals surface area contributed by atoms with Gasteiger partial charge in [0.25, 0.3) is 0 Å². The average Bonchev–Trinajstić information content (AvgIpc) is 3.30. The van der Waals surface area contributed by atoms with Gasteiger partial charge >= 0.3 is 5.97 Å². The van der Waals surface area contributed by atoms with Gasteiger partial charge in [0.15, 0.2) is 23.0 Å². The van der Waals surface area contributed by atoms with Crippen LogP contribution in [-0.4, -0.2) is 29.6 Å². The predicted molar refractivity (Wildman–Crippen MR) is 115 cm³/mol. The van der Waals surface area contributed by atoms with Crippen molar-refractivity contribution in [1.29, 1.82) is 0 Å². The van der Waals surface area contributed by atoms with Gasteiger partial charge in [0.2, 0.25) is 0 Å². The Kier molecular flexibility index (Phi) is 5.75. The molecule has 0 unspecified atom stereocenters. The average molecular weight is 414 g/mol. The number of methoxy groups -OCH3 is 1. The molecule has 0 aliphatic heterocycles. The van der Waals surface area contributed by atoms with Crippen molar-refractivity contribution in [2.45, 2.75) is 0 Å². The van der Waals surface area contributed by atoms with E-state index in [0.29, 0.717) is 22.8 Å². The van der Waals surface area contributed by atoms with Gasteiger partial charge in [0.1, 0.15) is 11.4 Å². The molecule has 4 rings (SSSR count). The summed E-state index contributed by atoms with van der Waals surface area (Å²) in [6, 6.07) is 22.6. The minimum atomic E-state index is -0.681. The number of hydrogen-bond donors (Lipinski definition) is 1. The molecule has 0 atom stereocenters. The highest BCUT2D eigenvalue weighted by Gasteiger charge is 2.18. The van der Waals surface area contributed by atoms with Crippen molar-refractivity contribution in [1.82, 2.24) is 5.16 Å². The van der Waals surface area contributed by atoms with E-state index < -0.39 is 5.97 Å². The van der Waals surface area contributed by atoms with Crippen LogP contribution >= 0.6 is 0 Å². The van der Waals surface area contributed by atoms with E-state index in [2.05, 4.69) is 10.1 Å². The molecule has 0 bridgehead atoms. The van der Waals surface area contributed by atoms with Crippen molar-refractivity contribution in [2.24, 2.45) is 4.99 Å². The van der Waals surface area contributed by atoms with Crippen LogP contribution in [0.4, 0.5) is 5.69 Å². The van der Waals surface area contributed by atoms with Crippen molar-refractivity contribution < 1.29 is 23.9 Å². The third-order valence-electron chi connectivity index (χ3n) is 4.40. The molecule has 0 radical (unpaired) electrons. The van der Waals surface area contributed by atoms with Crippen molar-refractivity contribution >= 4 is 17.9 Å². The number of benzene rings is 3. The lowest BCUT2D eigenvalue weighted by atomic mass is 10.1. The fraction of sp³-hybridized carbons (Fsp3) is 0.0417. The quantitative estimate of drug-likeness (QED) is 0.270. The van der Waals surface area contributed by atoms with Crippen LogP contribution in [-0.2, 0) is 0 Å². The molecule has 0 amide bonds. The Balaban J connectivity index is 1.55. The zero-order valence-corrected chi connectivity index (χ0v) is 16.6. The highest BCUT2D eigenvalue weighted by Crippen LogP contribution is 2.30. The fourth-order valence-corrected chi connectivity index (χ4v) is 2.83. The van der Waals surface area contributed by atoms with Crippen molar-refractivity contribution in [3.8, 4) is 28.6 Å². The molecular weight excluding hydrogens is 396 g/mol. The van der Waals surface area contributed by atoms with E-state index in [1.54, 1.807) is 48.7 Å². The number of esters is 1. The molecule has 0 aliphatic rings. The highest BCUT2D eigenvalue weighted by molar-refractivity contribution is 5.91. The number of carbonyl (C=O) groups excluding carboxylic acids is 1. The van der Waals surface area contributed by atoms with Gasteiger partial charge in [-0.3, -0.25) is 4.99 Å². The number of aromatic nitrogens is 1. The fourth-order valence-electron chi connectivity index (χ4n) is 2.83. The third-order valence-corrected chi connectivity index (χ3v) is 4.40. The molecule has 3 aromatic carbocycles. The molecule has 0 saturated carbocycles. The molecule has 0 fully saturated rings. The summed E-state index contributed by atoms with van der Waals surface area (Å²) in [7, 11) is 1.48. The normalized spacial score (nSPS) is 10.9. The molecule has 1 N–H and O–H groups in total. The Labute approximate surface area is 178 Å². The van der Waals surface area contributed by atoms with E-state index in [0.717, 1.165) is 5.56 Å². The van der Waals surface area contributed by atoms with Crippen molar-refractivity contribution in [3.63, 3.8) is 0 Å². The van der Waals surface area contributed by atoms with E-state index in [1.807, 2.05) is 30.3 Å². The Bertz CT molecular complexity index is 1230. The molecule has 7 nitrogen and oxygen atoms in total. The number of phenolic OH excluding ortho intramolecular Hbond substituents is 1. The maximum atomic E-state index is 12.6. The Morgan fingerprint density at radius 2 is 1.77 bits per heavy atom. The first kappa shape index (κ1) is 19.9. The topological polar surface area (TPSA) is 94.2 Å². The van der Waals surface area contributed by atoms with Crippen LogP contribution in [0.2, 0.25) is 0 Å². The predicted octanol–water partition coefficient (Wildman–Crippen LogP) is 5.03. The first-order chi connectivity index (χ1) is 15.1. The third kappa shape index (κ3) is 4.62. The lowest BCUT2D eigenvalue weighted by Crippen LogP contribution is -2.09. The number of para-hydroxylation sites is 2. The monoisotopic (exact) mass is 414 g/mol. The lowest BCUT2D eigenvalue weighted by molar-refractivity contribution is 0.0719. The summed E-state index contributed by atoms with van der Waals surface area (Å²) in [5, 5.41) is 13.6. The second-order valence-electron chi connectivity index (χ2n) is 6.49. The van der Waals surface area contributed by atoms with Gasteiger partial charge in [-0.2, -0.15) is 0 Å². The van der Waals surface area contributed by atoms with Crippen molar-refractivity contribution in [2.75, 3.05) is 7.11 Å². The Morgan fingerprint density at radius 1 is 1.00 bits per heavy atom. The van der Waals surface area contributed by atoms with Gasteiger partial charge in [-0.15, -0.1) is 0 Å². The molecular formula is C24H18N2O5. The van der Waals surface area contributed by atoms with Crippen LogP contribution in [0.5, 0.6) is 17.2 Å². The molecule has 1 heterocycles. The SMILES string of the molecule is COc1ccc(C=Nc2ccccc2O)cc1OC(=O)c1cc(-c2ccccc2)on1. The van der Waals surface area contributed by atoms with Crippen LogP contribution in [0.25, 0.3) is 11.3 Å². The molecule has 0 saturated heterocycles. The van der Waals surface area contributed by atoms with Gasteiger partial charge in [-0.25, -0.2) is 4.79 Å².